The highest BCUT2D eigenvalue weighted by Crippen LogP contribution is 2.16. The maximum atomic E-state index is 8.82. The standard InChI is InChI=1S/C9H11ClO/c1-7(6-11)8-2-4-9(10)5-3-8/h2-5,7,11H,6H2,1H3. The number of aliphatic hydroxyl groups excluding tert-OH is 1. The Kier molecular flexibility index (Phi) is 2.92. The molecule has 1 nitrogen and oxygen atoms in total. The monoisotopic (exact) mass is 170 g/mol. The quantitative estimate of drug-likeness (QED) is 0.723. The molecule has 60 valence electrons. The Morgan fingerprint density at radius 3 is 2.36 bits per heavy atom. The lowest BCUT2D eigenvalue weighted by Gasteiger charge is -2.06. The Morgan fingerprint density at radius 1 is 1.36 bits per heavy atom. The van der Waals surface area contributed by atoms with Crippen molar-refractivity contribution in [2.24, 2.45) is 0 Å². The third-order valence-electron chi connectivity index (χ3n) is 1.71. The first kappa shape index (κ1) is 8.57. The second-order valence-corrected chi connectivity index (χ2v) is 3.07. The molecule has 0 aromatic heterocycles. The van der Waals surface area contributed by atoms with Gasteiger partial charge in [0.05, 0.1) is 0 Å². The molecule has 0 heterocycles. The molecule has 1 rings (SSSR count). The van der Waals surface area contributed by atoms with Crippen LogP contribution in [-0.4, -0.2) is 11.7 Å². The van der Waals surface area contributed by atoms with Gasteiger partial charge in [0, 0.05) is 17.5 Å². The number of halogens is 1. The van der Waals surface area contributed by atoms with Crippen LogP contribution in [0.2, 0.25) is 5.02 Å². The summed E-state index contributed by atoms with van der Waals surface area (Å²) in [5.41, 5.74) is 1.12. The van der Waals surface area contributed by atoms with Crippen molar-refractivity contribution in [3.8, 4) is 0 Å². The molecule has 0 aliphatic carbocycles. The number of rotatable bonds is 2. The summed E-state index contributed by atoms with van der Waals surface area (Å²) >= 11 is 5.70. The van der Waals surface area contributed by atoms with Crippen LogP contribution >= 0.6 is 11.6 Å². The Hall–Kier alpha value is -0.530. The third kappa shape index (κ3) is 2.21. The van der Waals surface area contributed by atoms with E-state index in [1.54, 1.807) is 0 Å². The molecule has 0 bridgehead atoms. The summed E-state index contributed by atoms with van der Waals surface area (Å²) in [5, 5.41) is 9.56. The van der Waals surface area contributed by atoms with E-state index in [-0.39, 0.29) is 12.5 Å². The van der Waals surface area contributed by atoms with Crippen LogP contribution in [0.5, 0.6) is 0 Å². The Balaban J connectivity index is 2.81. The van der Waals surface area contributed by atoms with Gasteiger partial charge in [0.2, 0.25) is 0 Å². The zero-order chi connectivity index (χ0) is 8.27. The molecule has 1 aromatic rings. The third-order valence-corrected chi connectivity index (χ3v) is 1.96. The minimum atomic E-state index is 0.182. The van der Waals surface area contributed by atoms with Gasteiger partial charge in [0.25, 0.3) is 0 Å². The smallest absolute Gasteiger partial charge is 0.0497 e. The van der Waals surface area contributed by atoms with Gasteiger partial charge in [-0.25, -0.2) is 0 Å². The topological polar surface area (TPSA) is 20.2 Å². The van der Waals surface area contributed by atoms with Gasteiger partial charge in [-0.3, -0.25) is 0 Å². The van der Waals surface area contributed by atoms with Gasteiger partial charge in [0.15, 0.2) is 0 Å². The summed E-state index contributed by atoms with van der Waals surface area (Å²) in [6.07, 6.45) is 0. The van der Waals surface area contributed by atoms with Crippen molar-refractivity contribution >= 4 is 11.6 Å². The van der Waals surface area contributed by atoms with E-state index in [0.29, 0.717) is 0 Å². The van der Waals surface area contributed by atoms with Crippen molar-refractivity contribution in [1.29, 1.82) is 0 Å². The normalized spacial score (nSPS) is 13.0. The first-order valence-electron chi connectivity index (χ1n) is 3.60. The van der Waals surface area contributed by atoms with Gasteiger partial charge in [-0.05, 0) is 17.7 Å². The molecule has 0 aliphatic rings. The number of benzene rings is 1. The first-order valence-corrected chi connectivity index (χ1v) is 3.98. The van der Waals surface area contributed by atoms with Crippen LogP contribution < -0.4 is 0 Å². The molecule has 1 aromatic carbocycles. The molecule has 0 fully saturated rings. The minimum absolute atomic E-state index is 0.182. The fourth-order valence-electron chi connectivity index (χ4n) is 0.897. The van der Waals surface area contributed by atoms with Crippen LogP contribution in [0.25, 0.3) is 0 Å². The second kappa shape index (κ2) is 3.74. The van der Waals surface area contributed by atoms with Crippen LogP contribution in [0.15, 0.2) is 24.3 Å². The van der Waals surface area contributed by atoms with Gasteiger partial charge in [0.1, 0.15) is 0 Å². The van der Waals surface area contributed by atoms with Crippen molar-refractivity contribution in [1.82, 2.24) is 0 Å². The fraction of sp³-hybridized carbons (Fsp3) is 0.333. The Bertz CT molecular complexity index is 218. The van der Waals surface area contributed by atoms with E-state index >= 15 is 0 Å². The van der Waals surface area contributed by atoms with Gasteiger partial charge in [-0.2, -0.15) is 0 Å². The minimum Gasteiger partial charge on any atom is -0.396 e. The predicted octanol–water partition coefficient (Wildman–Crippen LogP) is 2.44. The van der Waals surface area contributed by atoms with E-state index in [4.69, 9.17) is 16.7 Å². The molecular weight excluding hydrogens is 160 g/mol. The van der Waals surface area contributed by atoms with E-state index in [1.165, 1.54) is 0 Å². The number of hydrogen-bond acceptors (Lipinski definition) is 1. The average Bonchev–Trinajstić information content (AvgIpc) is 2.05. The summed E-state index contributed by atoms with van der Waals surface area (Å²) < 4.78 is 0. The Labute approximate surface area is 71.6 Å². The van der Waals surface area contributed by atoms with Crippen molar-refractivity contribution < 1.29 is 5.11 Å². The highest BCUT2D eigenvalue weighted by molar-refractivity contribution is 6.30. The zero-order valence-corrected chi connectivity index (χ0v) is 7.17. The molecule has 0 amide bonds. The second-order valence-electron chi connectivity index (χ2n) is 2.64. The predicted molar refractivity (Wildman–Crippen MR) is 47.0 cm³/mol. The molecular formula is C9H11ClO. The number of hydrogen-bond donors (Lipinski definition) is 1. The summed E-state index contributed by atoms with van der Waals surface area (Å²) in [7, 11) is 0. The van der Waals surface area contributed by atoms with Gasteiger partial charge >= 0.3 is 0 Å². The van der Waals surface area contributed by atoms with E-state index in [2.05, 4.69) is 0 Å². The van der Waals surface area contributed by atoms with Gasteiger partial charge < -0.3 is 5.11 Å². The molecule has 2 heteroatoms. The Morgan fingerprint density at radius 2 is 1.91 bits per heavy atom. The van der Waals surface area contributed by atoms with Crippen molar-refractivity contribution in [2.45, 2.75) is 12.8 Å². The summed E-state index contributed by atoms with van der Waals surface area (Å²) in [6.45, 7) is 2.16. The first-order chi connectivity index (χ1) is 5.24. The molecule has 0 saturated heterocycles. The van der Waals surface area contributed by atoms with E-state index in [9.17, 15) is 0 Å². The molecule has 0 saturated carbocycles. The van der Waals surface area contributed by atoms with Gasteiger partial charge in [-0.1, -0.05) is 30.7 Å². The maximum Gasteiger partial charge on any atom is 0.0497 e. The molecule has 1 atom stereocenters. The molecule has 11 heavy (non-hydrogen) atoms. The lowest BCUT2D eigenvalue weighted by molar-refractivity contribution is 0.273. The van der Waals surface area contributed by atoms with E-state index < -0.39 is 0 Å². The van der Waals surface area contributed by atoms with Crippen LogP contribution in [0.4, 0.5) is 0 Å². The summed E-state index contributed by atoms with van der Waals surface area (Å²) in [6, 6.07) is 7.54. The van der Waals surface area contributed by atoms with Crippen LogP contribution in [0.3, 0.4) is 0 Å². The maximum absolute atomic E-state index is 8.82. The van der Waals surface area contributed by atoms with Gasteiger partial charge in [-0.15, -0.1) is 0 Å². The van der Waals surface area contributed by atoms with Crippen LogP contribution in [0, 0.1) is 0 Å². The number of aliphatic hydroxyl groups is 1. The molecule has 1 unspecified atom stereocenters. The van der Waals surface area contributed by atoms with Crippen molar-refractivity contribution in [3.63, 3.8) is 0 Å². The van der Waals surface area contributed by atoms with Crippen molar-refractivity contribution in [2.75, 3.05) is 6.61 Å². The molecule has 0 radical (unpaired) electrons. The summed E-state index contributed by atoms with van der Waals surface area (Å²) in [5.74, 6) is 0.201. The lowest BCUT2D eigenvalue weighted by Crippen LogP contribution is -1.97. The lowest BCUT2D eigenvalue weighted by atomic mass is 10.0. The van der Waals surface area contributed by atoms with Crippen LogP contribution in [-0.2, 0) is 0 Å². The van der Waals surface area contributed by atoms with E-state index in [1.807, 2.05) is 31.2 Å². The zero-order valence-electron chi connectivity index (χ0n) is 6.42. The molecule has 1 N–H and O–H groups in total. The molecule has 0 aliphatic heterocycles. The fourth-order valence-corrected chi connectivity index (χ4v) is 1.02. The SMILES string of the molecule is CC(CO)c1ccc(Cl)cc1. The van der Waals surface area contributed by atoms with Crippen LogP contribution in [0.1, 0.15) is 18.4 Å². The summed E-state index contributed by atoms with van der Waals surface area (Å²) in [4.78, 5) is 0. The highest BCUT2D eigenvalue weighted by atomic mass is 35.5. The average molecular weight is 171 g/mol. The molecule has 0 spiro atoms. The van der Waals surface area contributed by atoms with E-state index in [0.717, 1.165) is 10.6 Å². The van der Waals surface area contributed by atoms with Crippen molar-refractivity contribution in [3.05, 3.63) is 34.9 Å². The largest absolute Gasteiger partial charge is 0.396 e. The highest BCUT2D eigenvalue weighted by Gasteiger charge is 2.01.